The van der Waals surface area contributed by atoms with Crippen LogP contribution in [-0.2, 0) is 0 Å². The van der Waals surface area contributed by atoms with Crippen LogP contribution in [0.4, 0.5) is 5.69 Å². The maximum Gasteiger partial charge on any atom is 0.255 e. The molecule has 0 atom stereocenters. The predicted molar refractivity (Wildman–Crippen MR) is 112 cm³/mol. The van der Waals surface area contributed by atoms with Crippen LogP contribution in [-0.4, -0.2) is 47.2 Å². The largest absolute Gasteiger partial charge is 0.490 e. The zero-order valence-electron chi connectivity index (χ0n) is 17.0. The Labute approximate surface area is 170 Å². The quantitative estimate of drug-likeness (QED) is 0.590. The molecule has 29 heavy (non-hydrogen) atoms. The lowest BCUT2D eigenvalue weighted by atomic mass is 10.1. The third-order valence-electron chi connectivity index (χ3n) is 4.61. The summed E-state index contributed by atoms with van der Waals surface area (Å²) in [4.78, 5) is 15.0. The van der Waals surface area contributed by atoms with Gasteiger partial charge in [0.05, 0.1) is 5.69 Å². The molecular formula is C22H26N4O3. The van der Waals surface area contributed by atoms with Crippen molar-refractivity contribution in [2.75, 3.05) is 31.6 Å². The number of ether oxygens (including phenoxy) is 1. The molecule has 0 aliphatic rings. The number of rotatable bonds is 9. The molecule has 0 fully saturated rings. The van der Waals surface area contributed by atoms with E-state index >= 15 is 0 Å². The number of nitrogens with zero attached hydrogens (tertiary/aromatic N) is 3. The molecule has 0 bridgehead atoms. The molecule has 0 spiro atoms. The van der Waals surface area contributed by atoms with Crippen molar-refractivity contribution in [3.8, 4) is 17.2 Å². The lowest BCUT2D eigenvalue weighted by Crippen LogP contribution is -2.28. The Balaban J connectivity index is 1.64. The molecular weight excluding hydrogens is 368 g/mol. The van der Waals surface area contributed by atoms with Crippen LogP contribution in [0.1, 0.15) is 30.1 Å². The van der Waals surface area contributed by atoms with Crippen LogP contribution in [0.2, 0.25) is 0 Å². The van der Waals surface area contributed by atoms with Crippen LogP contribution in [0.5, 0.6) is 5.75 Å². The number of aromatic nitrogens is 2. The molecule has 0 saturated heterocycles. The van der Waals surface area contributed by atoms with Gasteiger partial charge in [-0.3, -0.25) is 4.79 Å². The number of hydrogen-bond acceptors (Lipinski definition) is 6. The Kier molecular flexibility index (Phi) is 6.97. The summed E-state index contributed by atoms with van der Waals surface area (Å²) in [5.41, 5.74) is 1.94. The van der Waals surface area contributed by atoms with Gasteiger partial charge in [-0.15, -0.1) is 10.2 Å². The maximum atomic E-state index is 12.7. The molecule has 1 N–H and O–H groups in total. The van der Waals surface area contributed by atoms with E-state index in [9.17, 15) is 4.79 Å². The number of carbonyl (C=O) groups excluding carboxylic acids is 1. The van der Waals surface area contributed by atoms with E-state index in [0.717, 1.165) is 25.2 Å². The Morgan fingerprint density at radius 3 is 2.45 bits per heavy atom. The molecule has 152 valence electrons. The van der Waals surface area contributed by atoms with Gasteiger partial charge in [-0.05, 0) is 49.5 Å². The summed E-state index contributed by atoms with van der Waals surface area (Å²) in [6.45, 7) is 9.36. The zero-order chi connectivity index (χ0) is 20.6. The monoisotopic (exact) mass is 394 g/mol. The van der Waals surface area contributed by atoms with Crippen molar-refractivity contribution in [3.63, 3.8) is 0 Å². The number of likely N-dealkylation sites (N-methyl/N-ethyl adjacent to an activating group) is 1. The number of amides is 1. The lowest BCUT2D eigenvalue weighted by Gasteiger charge is -2.19. The van der Waals surface area contributed by atoms with Crippen LogP contribution < -0.4 is 10.1 Å². The average molecular weight is 394 g/mol. The highest BCUT2D eigenvalue weighted by atomic mass is 16.5. The van der Waals surface area contributed by atoms with Gasteiger partial charge in [-0.1, -0.05) is 26.0 Å². The second-order valence-corrected chi connectivity index (χ2v) is 6.53. The first-order valence-electron chi connectivity index (χ1n) is 9.76. The molecule has 1 heterocycles. The van der Waals surface area contributed by atoms with Crippen molar-refractivity contribution in [1.29, 1.82) is 0 Å². The summed E-state index contributed by atoms with van der Waals surface area (Å²) >= 11 is 0. The minimum absolute atomic E-state index is 0.210. The first-order valence-corrected chi connectivity index (χ1v) is 9.76. The van der Waals surface area contributed by atoms with E-state index in [1.807, 2.05) is 24.3 Å². The molecule has 0 saturated carbocycles. The van der Waals surface area contributed by atoms with E-state index in [1.165, 1.54) is 0 Å². The van der Waals surface area contributed by atoms with E-state index in [-0.39, 0.29) is 5.91 Å². The van der Waals surface area contributed by atoms with Gasteiger partial charge < -0.3 is 19.4 Å². The summed E-state index contributed by atoms with van der Waals surface area (Å²) in [5.74, 6) is 1.38. The van der Waals surface area contributed by atoms with Gasteiger partial charge >= 0.3 is 0 Å². The zero-order valence-corrected chi connectivity index (χ0v) is 17.0. The number of benzene rings is 2. The molecule has 3 rings (SSSR count). The molecule has 2 aromatic carbocycles. The molecule has 1 amide bonds. The topological polar surface area (TPSA) is 80.5 Å². The Morgan fingerprint density at radius 1 is 1.07 bits per heavy atom. The van der Waals surface area contributed by atoms with Gasteiger partial charge in [-0.25, -0.2) is 0 Å². The Hall–Kier alpha value is -3.19. The molecule has 7 nitrogen and oxygen atoms in total. The second kappa shape index (κ2) is 9.84. The molecule has 3 aromatic rings. The highest BCUT2D eigenvalue weighted by Crippen LogP contribution is 2.25. The van der Waals surface area contributed by atoms with Crippen molar-refractivity contribution in [2.45, 2.75) is 20.8 Å². The first kappa shape index (κ1) is 20.5. The predicted octanol–water partition coefficient (Wildman–Crippen LogP) is 4.02. The van der Waals surface area contributed by atoms with Crippen LogP contribution >= 0.6 is 0 Å². The summed E-state index contributed by atoms with van der Waals surface area (Å²) in [6, 6.07) is 14.5. The van der Waals surface area contributed by atoms with Crippen molar-refractivity contribution in [2.24, 2.45) is 0 Å². The normalized spacial score (nSPS) is 10.9. The van der Waals surface area contributed by atoms with Crippen LogP contribution in [0.15, 0.2) is 52.9 Å². The maximum absolute atomic E-state index is 12.7. The lowest BCUT2D eigenvalue weighted by molar-refractivity contribution is 0.102. The minimum atomic E-state index is -0.210. The first-order chi connectivity index (χ1) is 14.1. The van der Waals surface area contributed by atoms with Crippen LogP contribution in [0.3, 0.4) is 0 Å². The number of carbonyl (C=O) groups is 1. The Bertz CT molecular complexity index is 933. The number of nitrogens with one attached hydrogen (secondary N) is 1. The fourth-order valence-electron chi connectivity index (χ4n) is 2.89. The Morgan fingerprint density at radius 2 is 1.79 bits per heavy atom. The van der Waals surface area contributed by atoms with Crippen molar-refractivity contribution in [1.82, 2.24) is 15.1 Å². The third kappa shape index (κ3) is 5.42. The summed E-state index contributed by atoms with van der Waals surface area (Å²) in [6.07, 6.45) is 0. The minimum Gasteiger partial charge on any atom is -0.490 e. The summed E-state index contributed by atoms with van der Waals surface area (Å²) in [5, 5.41) is 10.7. The second-order valence-electron chi connectivity index (χ2n) is 6.53. The highest BCUT2D eigenvalue weighted by Gasteiger charge is 2.12. The van der Waals surface area contributed by atoms with Gasteiger partial charge in [-0.2, -0.15) is 0 Å². The van der Waals surface area contributed by atoms with E-state index in [2.05, 4.69) is 34.3 Å². The third-order valence-corrected chi connectivity index (χ3v) is 4.61. The van der Waals surface area contributed by atoms with Crippen molar-refractivity contribution < 1.29 is 13.9 Å². The fourth-order valence-corrected chi connectivity index (χ4v) is 2.89. The number of hydrogen-bond donors (Lipinski definition) is 1. The molecule has 0 radical (unpaired) electrons. The molecule has 1 aromatic heterocycles. The summed E-state index contributed by atoms with van der Waals surface area (Å²) in [7, 11) is 0. The standard InChI is InChI=1S/C22H26N4O3/c1-4-26(5-2)14-15-28-20-9-7-6-8-19(20)23-21(27)17-10-12-18(13-11-17)22-25-24-16(3)29-22/h6-13H,4-5,14-15H2,1-3H3,(H,23,27). The van der Waals surface area contributed by atoms with Gasteiger partial charge in [0.25, 0.3) is 5.91 Å². The SMILES string of the molecule is CCN(CC)CCOc1ccccc1NC(=O)c1ccc(-c2nnc(C)o2)cc1. The van der Waals surface area contributed by atoms with Gasteiger partial charge in [0, 0.05) is 24.6 Å². The smallest absolute Gasteiger partial charge is 0.255 e. The van der Waals surface area contributed by atoms with Crippen LogP contribution in [0, 0.1) is 6.92 Å². The van der Waals surface area contributed by atoms with Gasteiger partial charge in [0.1, 0.15) is 12.4 Å². The van der Waals surface area contributed by atoms with E-state index < -0.39 is 0 Å². The molecule has 0 unspecified atom stereocenters. The molecule has 0 aliphatic heterocycles. The number of anilines is 1. The average Bonchev–Trinajstić information content (AvgIpc) is 3.19. The van der Waals surface area contributed by atoms with E-state index in [1.54, 1.807) is 31.2 Å². The number of para-hydroxylation sites is 2. The van der Waals surface area contributed by atoms with E-state index in [0.29, 0.717) is 35.4 Å². The van der Waals surface area contributed by atoms with Crippen LogP contribution in [0.25, 0.3) is 11.5 Å². The summed E-state index contributed by atoms with van der Waals surface area (Å²) < 4.78 is 11.3. The molecule has 7 heteroatoms. The van der Waals surface area contributed by atoms with Gasteiger partial charge in [0.2, 0.25) is 11.8 Å². The van der Waals surface area contributed by atoms with E-state index in [4.69, 9.17) is 9.15 Å². The molecule has 0 aliphatic carbocycles. The fraction of sp³-hybridized carbons (Fsp3) is 0.318. The van der Waals surface area contributed by atoms with Crippen molar-refractivity contribution >= 4 is 11.6 Å². The number of aryl methyl sites for hydroxylation is 1. The van der Waals surface area contributed by atoms with Gasteiger partial charge in [0.15, 0.2) is 0 Å². The highest BCUT2D eigenvalue weighted by molar-refractivity contribution is 6.05. The van der Waals surface area contributed by atoms with Crippen molar-refractivity contribution in [3.05, 3.63) is 60.0 Å².